The van der Waals surface area contributed by atoms with Gasteiger partial charge in [-0.3, -0.25) is 4.90 Å². The molecule has 1 aliphatic heterocycles. The van der Waals surface area contributed by atoms with Crippen molar-refractivity contribution in [3.8, 4) is 16.9 Å². The molecule has 0 amide bonds. The topological polar surface area (TPSA) is 17.4 Å². The standard InChI is InChI=1S/C32H34F2N2O/c1-23-25(21-37-31-14-4-8-24-7-2-11-27(24)31)9-3-10-26(23)28-12-5-13-30-29(28)15-19-36(30)18-6-17-35-20-16-32(33,34)22-35/h3-5,8-10,12-15,19H,2,6-7,11,16-18,20-22H2,1H3. The summed E-state index contributed by atoms with van der Waals surface area (Å²) >= 11 is 0. The number of ether oxygens (including phenoxy) is 1. The average Bonchev–Trinajstić information content (AvgIpc) is 3.62. The first-order chi connectivity index (χ1) is 18.0. The summed E-state index contributed by atoms with van der Waals surface area (Å²) in [5.41, 5.74) is 8.87. The molecule has 2 heterocycles. The van der Waals surface area contributed by atoms with Crippen LogP contribution in [0.15, 0.2) is 66.9 Å². The molecule has 3 aromatic carbocycles. The lowest BCUT2D eigenvalue weighted by molar-refractivity contribution is 0.0121. The van der Waals surface area contributed by atoms with Gasteiger partial charge in [-0.25, -0.2) is 8.78 Å². The molecule has 0 bridgehead atoms. The van der Waals surface area contributed by atoms with Crippen molar-refractivity contribution in [2.24, 2.45) is 0 Å². The van der Waals surface area contributed by atoms with Gasteiger partial charge in [-0.1, -0.05) is 42.5 Å². The van der Waals surface area contributed by atoms with E-state index in [0.29, 0.717) is 19.7 Å². The number of nitrogens with zero attached hydrogens (tertiary/aromatic N) is 2. The number of halogens is 2. The highest BCUT2D eigenvalue weighted by atomic mass is 19.3. The molecular weight excluding hydrogens is 466 g/mol. The fourth-order valence-corrected chi connectivity index (χ4v) is 6.12. The monoisotopic (exact) mass is 500 g/mol. The maximum atomic E-state index is 13.5. The first kappa shape index (κ1) is 24.2. The Morgan fingerprint density at radius 1 is 0.919 bits per heavy atom. The second-order valence-electron chi connectivity index (χ2n) is 10.6. The number of likely N-dealkylation sites (tertiary alicyclic amines) is 1. The van der Waals surface area contributed by atoms with Crippen LogP contribution in [0.25, 0.3) is 22.0 Å². The second kappa shape index (κ2) is 9.94. The van der Waals surface area contributed by atoms with Gasteiger partial charge in [0, 0.05) is 43.2 Å². The van der Waals surface area contributed by atoms with Gasteiger partial charge in [0.2, 0.25) is 0 Å². The van der Waals surface area contributed by atoms with Crippen molar-refractivity contribution in [2.75, 3.05) is 19.6 Å². The van der Waals surface area contributed by atoms with E-state index in [1.807, 2.05) is 4.90 Å². The minimum Gasteiger partial charge on any atom is -0.489 e. The third kappa shape index (κ3) is 4.89. The van der Waals surface area contributed by atoms with E-state index >= 15 is 0 Å². The Balaban J connectivity index is 1.19. The third-order valence-electron chi connectivity index (χ3n) is 8.16. The van der Waals surface area contributed by atoms with E-state index < -0.39 is 5.92 Å². The molecule has 0 N–H and O–H groups in total. The molecule has 0 saturated carbocycles. The van der Waals surface area contributed by atoms with E-state index in [1.54, 1.807) is 0 Å². The molecule has 0 spiro atoms. The molecule has 3 nitrogen and oxygen atoms in total. The van der Waals surface area contributed by atoms with Crippen LogP contribution in [0, 0.1) is 6.92 Å². The van der Waals surface area contributed by atoms with Gasteiger partial charge in [0.15, 0.2) is 0 Å². The first-order valence-electron chi connectivity index (χ1n) is 13.5. The van der Waals surface area contributed by atoms with Crippen molar-refractivity contribution < 1.29 is 13.5 Å². The van der Waals surface area contributed by atoms with E-state index in [1.165, 1.54) is 50.7 Å². The Bertz CT molecular complexity index is 1420. The molecule has 37 heavy (non-hydrogen) atoms. The van der Waals surface area contributed by atoms with E-state index in [2.05, 4.69) is 78.4 Å². The molecule has 4 aromatic rings. The summed E-state index contributed by atoms with van der Waals surface area (Å²) in [5.74, 6) is -1.50. The van der Waals surface area contributed by atoms with Gasteiger partial charge in [-0.2, -0.15) is 0 Å². The van der Waals surface area contributed by atoms with Crippen molar-refractivity contribution in [3.63, 3.8) is 0 Å². The van der Waals surface area contributed by atoms with Crippen molar-refractivity contribution >= 4 is 10.9 Å². The zero-order valence-electron chi connectivity index (χ0n) is 21.5. The summed E-state index contributed by atoms with van der Waals surface area (Å²) in [5, 5.41) is 1.22. The molecule has 1 saturated heterocycles. The molecule has 5 heteroatoms. The molecule has 2 aliphatic rings. The van der Waals surface area contributed by atoms with Gasteiger partial charge in [-0.05, 0) is 84.2 Å². The number of aryl methyl sites for hydroxylation is 2. The quantitative estimate of drug-likeness (QED) is 0.251. The van der Waals surface area contributed by atoms with Crippen molar-refractivity contribution in [2.45, 2.75) is 58.1 Å². The number of aromatic nitrogens is 1. The molecule has 6 rings (SSSR count). The highest BCUT2D eigenvalue weighted by Gasteiger charge is 2.37. The smallest absolute Gasteiger partial charge is 0.261 e. The minimum absolute atomic E-state index is 0.0141. The molecule has 0 radical (unpaired) electrons. The number of alkyl halides is 2. The predicted molar refractivity (Wildman–Crippen MR) is 146 cm³/mol. The maximum absolute atomic E-state index is 13.5. The fraction of sp³-hybridized carbons (Fsp3) is 0.375. The predicted octanol–water partition coefficient (Wildman–Crippen LogP) is 7.42. The van der Waals surface area contributed by atoms with Crippen LogP contribution in [0.4, 0.5) is 8.78 Å². The molecule has 0 unspecified atom stereocenters. The van der Waals surface area contributed by atoms with Gasteiger partial charge >= 0.3 is 0 Å². The molecule has 1 aromatic heterocycles. The summed E-state index contributed by atoms with van der Waals surface area (Å²) in [6.45, 7) is 4.67. The molecule has 192 valence electrons. The van der Waals surface area contributed by atoms with Gasteiger partial charge < -0.3 is 9.30 Å². The maximum Gasteiger partial charge on any atom is 0.261 e. The SMILES string of the molecule is Cc1c(COc2cccc3c2CCC3)cccc1-c1cccc2c1ccn2CCCN1CCC(F)(F)C1. The van der Waals surface area contributed by atoms with Crippen molar-refractivity contribution in [3.05, 3.63) is 89.1 Å². The fourth-order valence-electron chi connectivity index (χ4n) is 6.12. The van der Waals surface area contributed by atoms with E-state index in [0.717, 1.165) is 31.6 Å². The van der Waals surface area contributed by atoms with Crippen molar-refractivity contribution in [1.29, 1.82) is 0 Å². The normalized spacial score (nSPS) is 16.9. The lowest BCUT2D eigenvalue weighted by Gasteiger charge is -2.16. The van der Waals surface area contributed by atoms with Crippen LogP contribution in [-0.4, -0.2) is 35.0 Å². The third-order valence-corrected chi connectivity index (χ3v) is 8.16. The largest absolute Gasteiger partial charge is 0.489 e. The van der Waals surface area contributed by atoms with Gasteiger partial charge in [0.25, 0.3) is 5.92 Å². The first-order valence-corrected chi connectivity index (χ1v) is 13.5. The van der Waals surface area contributed by atoms with Crippen LogP contribution in [0.3, 0.4) is 0 Å². The zero-order valence-corrected chi connectivity index (χ0v) is 21.5. The molecular formula is C32H34F2N2O. The molecule has 1 fully saturated rings. The Morgan fingerprint density at radius 2 is 1.76 bits per heavy atom. The summed E-state index contributed by atoms with van der Waals surface area (Å²) in [7, 11) is 0. The van der Waals surface area contributed by atoms with E-state index in [4.69, 9.17) is 4.74 Å². The second-order valence-corrected chi connectivity index (χ2v) is 10.6. The zero-order chi connectivity index (χ0) is 25.4. The van der Waals surface area contributed by atoms with Crippen LogP contribution >= 0.6 is 0 Å². The number of benzene rings is 3. The van der Waals surface area contributed by atoms with Crippen LogP contribution in [0.2, 0.25) is 0 Å². The van der Waals surface area contributed by atoms with E-state index in [9.17, 15) is 8.78 Å². The van der Waals surface area contributed by atoms with Gasteiger partial charge in [-0.15, -0.1) is 0 Å². The van der Waals surface area contributed by atoms with Crippen LogP contribution in [0.5, 0.6) is 5.75 Å². The van der Waals surface area contributed by atoms with Gasteiger partial charge in [0.1, 0.15) is 12.4 Å². The molecule has 0 atom stereocenters. The number of fused-ring (bicyclic) bond motifs is 2. The van der Waals surface area contributed by atoms with Crippen LogP contribution in [0.1, 0.15) is 41.5 Å². The summed E-state index contributed by atoms with van der Waals surface area (Å²) in [6, 6.07) is 21.5. The highest BCUT2D eigenvalue weighted by Crippen LogP contribution is 2.35. The Hall–Kier alpha value is -3.18. The number of hydrogen-bond acceptors (Lipinski definition) is 2. The number of hydrogen-bond donors (Lipinski definition) is 0. The Morgan fingerprint density at radius 3 is 2.62 bits per heavy atom. The van der Waals surface area contributed by atoms with Crippen LogP contribution < -0.4 is 4.74 Å². The summed E-state index contributed by atoms with van der Waals surface area (Å²) < 4.78 is 35.6. The van der Waals surface area contributed by atoms with Crippen LogP contribution in [-0.2, 0) is 26.0 Å². The average molecular weight is 501 g/mol. The lowest BCUT2D eigenvalue weighted by Crippen LogP contribution is -2.26. The highest BCUT2D eigenvalue weighted by molar-refractivity contribution is 5.96. The van der Waals surface area contributed by atoms with Crippen molar-refractivity contribution in [1.82, 2.24) is 9.47 Å². The van der Waals surface area contributed by atoms with Gasteiger partial charge in [0.05, 0.1) is 6.54 Å². The van der Waals surface area contributed by atoms with E-state index in [-0.39, 0.29) is 13.0 Å². The lowest BCUT2D eigenvalue weighted by atomic mass is 9.94. The number of rotatable bonds is 8. The molecule has 1 aliphatic carbocycles. The Kier molecular flexibility index (Phi) is 6.49. The Labute approximate surface area is 217 Å². The minimum atomic E-state index is -2.52. The summed E-state index contributed by atoms with van der Waals surface area (Å²) in [6.07, 6.45) is 6.44. The summed E-state index contributed by atoms with van der Waals surface area (Å²) in [4.78, 5) is 1.89.